The maximum absolute atomic E-state index is 15.3. The predicted molar refractivity (Wildman–Crippen MR) is 143 cm³/mol. The van der Waals surface area contributed by atoms with Crippen LogP contribution >= 0.6 is 7.75 Å². The van der Waals surface area contributed by atoms with Crippen LogP contribution in [0.5, 0.6) is 5.75 Å². The number of aliphatic hydroxyl groups excluding tert-OH is 1. The number of nitrogens with two attached hydrogens (primary N) is 1. The molecule has 2 aromatic heterocycles. The van der Waals surface area contributed by atoms with Crippen molar-refractivity contribution in [3.63, 3.8) is 0 Å². The second-order valence-corrected chi connectivity index (χ2v) is 11.4. The Morgan fingerprint density at radius 3 is 2.62 bits per heavy atom. The Labute approximate surface area is 230 Å². The third-order valence-electron chi connectivity index (χ3n) is 5.85. The lowest BCUT2D eigenvalue weighted by Crippen LogP contribution is -2.37. The number of aromatic nitrogens is 4. The highest BCUT2D eigenvalue weighted by atomic mass is 31.2. The minimum Gasteiger partial charge on any atom is -0.462 e. The lowest BCUT2D eigenvalue weighted by molar-refractivity contribution is -0.149. The van der Waals surface area contributed by atoms with Crippen molar-refractivity contribution in [3.8, 4) is 5.75 Å². The number of hydrogen-bond donors (Lipinski definition) is 3. The highest BCUT2D eigenvalue weighted by molar-refractivity contribution is 7.52. The van der Waals surface area contributed by atoms with Crippen LogP contribution in [-0.4, -0.2) is 81.8 Å². The summed E-state index contributed by atoms with van der Waals surface area (Å²) in [5, 5.41) is 13.2. The predicted octanol–water partition coefficient (Wildman–Crippen LogP) is 2.20. The molecule has 4 rings (SSSR count). The molecule has 0 bridgehead atoms. The smallest absolute Gasteiger partial charge is 0.459 e. The highest BCUT2D eigenvalue weighted by Crippen LogP contribution is 2.46. The van der Waals surface area contributed by atoms with Gasteiger partial charge in [0.15, 0.2) is 29.4 Å². The van der Waals surface area contributed by atoms with Gasteiger partial charge in [-0.3, -0.25) is 13.9 Å². The molecule has 218 valence electrons. The number of nitrogens with zero attached hydrogens (tertiary/aromatic N) is 5. The van der Waals surface area contributed by atoms with Crippen LogP contribution in [0.3, 0.4) is 0 Å². The molecule has 0 aliphatic carbocycles. The maximum atomic E-state index is 15.3. The Hall–Kier alpha value is -3.36. The summed E-state index contributed by atoms with van der Waals surface area (Å²) in [6.45, 7) is 4.24. The van der Waals surface area contributed by atoms with Crippen LogP contribution in [0.1, 0.15) is 27.0 Å². The van der Waals surface area contributed by atoms with Gasteiger partial charge in [0.1, 0.15) is 24.0 Å². The van der Waals surface area contributed by atoms with Crippen LogP contribution in [-0.2, 0) is 23.4 Å². The van der Waals surface area contributed by atoms with Gasteiger partial charge in [-0.1, -0.05) is 18.2 Å². The van der Waals surface area contributed by atoms with E-state index in [4.69, 9.17) is 24.3 Å². The molecule has 1 aliphatic heterocycles. The largest absolute Gasteiger partial charge is 0.462 e. The molecule has 6 atom stereocenters. The third kappa shape index (κ3) is 6.50. The molecule has 16 heteroatoms. The minimum absolute atomic E-state index is 0.0537. The Morgan fingerprint density at radius 2 is 1.98 bits per heavy atom. The molecular formula is C24H33FN7O7P. The average molecular weight is 582 g/mol. The summed E-state index contributed by atoms with van der Waals surface area (Å²) < 4.78 is 52.5. The first kappa shape index (κ1) is 29.6. The van der Waals surface area contributed by atoms with Crippen molar-refractivity contribution in [1.29, 1.82) is 0 Å². The third-order valence-corrected chi connectivity index (χ3v) is 7.49. The van der Waals surface area contributed by atoms with Crippen LogP contribution in [0, 0.1) is 0 Å². The molecule has 1 fully saturated rings. The summed E-state index contributed by atoms with van der Waals surface area (Å²) >= 11 is 0. The van der Waals surface area contributed by atoms with E-state index in [1.165, 1.54) is 17.8 Å². The molecule has 3 heterocycles. The molecule has 0 amide bonds. The number of alkyl halides is 1. The first-order valence-corrected chi connectivity index (χ1v) is 14.0. The minimum atomic E-state index is -4.26. The summed E-state index contributed by atoms with van der Waals surface area (Å²) in [6, 6.07) is 7.06. The number of ether oxygens (including phenoxy) is 2. The van der Waals surface area contributed by atoms with Gasteiger partial charge in [-0.05, 0) is 32.9 Å². The van der Waals surface area contributed by atoms with E-state index in [0.717, 1.165) is 0 Å². The summed E-state index contributed by atoms with van der Waals surface area (Å²) in [5.41, 5.74) is 6.41. The summed E-state index contributed by atoms with van der Waals surface area (Å²) in [5.74, 6) is -0.120. The summed E-state index contributed by atoms with van der Waals surface area (Å²) in [7, 11) is -0.773. The van der Waals surface area contributed by atoms with Gasteiger partial charge in [0.05, 0.1) is 19.0 Å². The van der Waals surface area contributed by atoms with Crippen molar-refractivity contribution >= 4 is 36.6 Å². The van der Waals surface area contributed by atoms with Crippen molar-refractivity contribution in [2.45, 2.75) is 57.5 Å². The van der Waals surface area contributed by atoms with Crippen molar-refractivity contribution in [2.75, 3.05) is 31.3 Å². The number of rotatable bonds is 11. The Kier molecular flexibility index (Phi) is 8.90. The Balaban J connectivity index is 1.53. The zero-order valence-electron chi connectivity index (χ0n) is 22.7. The number of fused-ring (bicyclic) bond motifs is 1. The van der Waals surface area contributed by atoms with Crippen LogP contribution in [0.4, 0.5) is 16.2 Å². The fourth-order valence-corrected chi connectivity index (χ4v) is 5.49. The fourth-order valence-electron chi connectivity index (χ4n) is 3.99. The van der Waals surface area contributed by atoms with E-state index in [1.54, 1.807) is 63.2 Å². The van der Waals surface area contributed by atoms with E-state index < -0.39 is 57.1 Å². The van der Waals surface area contributed by atoms with Gasteiger partial charge in [0.2, 0.25) is 5.95 Å². The van der Waals surface area contributed by atoms with E-state index in [-0.39, 0.29) is 17.3 Å². The van der Waals surface area contributed by atoms with Gasteiger partial charge < -0.3 is 29.7 Å². The number of carbonyl (C=O) groups excluding carboxylic acids is 1. The van der Waals surface area contributed by atoms with Gasteiger partial charge in [-0.2, -0.15) is 15.1 Å². The fraction of sp³-hybridized carbons (Fsp3) is 0.500. The van der Waals surface area contributed by atoms with Crippen LogP contribution in [0.2, 0.25) is 0 Å². The molecule has 4 N–H and O–H groups in total. The molecule has 1 aliphatic rings. The van der Waals surface area contributed by atoms with Crippen LogP contribution in [0.15, 0.2) is 36.7 Å². The lowest BCUT2D eigenvalue weighted by atomic mass is 10.1. The van der Waals surface area contributed by atoms with Gasteiger partial charge in [-0.25, -0.2) is 13.9 Å². The van der Waals surface area contributed by atoms with Crippen molar-refractivity contribution in [3.05, 3.63) is 36.7 Å². The molecule has 0 unspecified atom stereocenters. The van der Waals surface area contributed by atoms with E-state index in [2.05, 4.69) is 20.0 Å². The van der Waals surface area contributed by atoms with E-state index in [0.29, 0.717) is 11.3 Å². The second kappa shape index (κ2) is 12.0. The molecule has 1 aromatic carbocycles. The van der Waals surface area contributed by atoms with Gasteiger partial charge >= 0.3 is 13.7 Å². The summed E-state index contributed by atoms with van der Waals surface area (Å²) in [4.78, 5) is 26.6. The van der Waals surface area contributed by atoms with Crippen LogP contribution < -0.4 is 20.2 Å². The first-order chi connectivity index (χ1) is 18.9. The van der Waals surface area contributed by atoms with E-state index >= 15 is 4.39 Å². The Morgan fingerprint density at radius 1 is 1.27 bits per heavy atom. The van der Waals surface area contributed by atoms with Crippen molar-refractivity contribution < 1.29 is 37.4 Å². The zero-order valence-corrected chi connectivity index (χ0v) is 23.6. The topological polar surface area (TPSA) is 176 Å². The molecule has 3 aromatic rings. The number of anilines is 2. The number of hydrogen-bond acceptors (Lipinski definition) is 12. The number of carbonyl (C=O) groups is 1. The van der Waals surface area contributed by atoms with Crippen LogP contribution in [0.25, 0.3) is 11.2 Å². The van der Waals surface area contributed by atoms with Crippen molar-refractivity contribution in [2.24, 2.45) is 0 Å². The Bertz CT molecular complexity index is 1380. The quantitative estimate of drug-likeness (QED) is 0.222. The standard InChI is InChI=1S/C24H33FN7O7P/c1-13(2)37-23(34)14(3)30-40(35,39-15-9-7-6-8-10-15)36-11-16-19(33)17(25)22(38-16)32-12-27-18-20(31(4)5)28-24(26)29-21(18)32/h6-10,12-14,16-17,19,22,33H,11H2,1-5H3,(H,30,35)(H2,26,28,29)/t14-,16-,17+,19-,22-,40+/m1/s1. The van der Waals surface area contributed by atoms with Gasteiger partial charge in [0, 0.05) is 14.1 Å². The number of nitrogens with one attached hydrogen (secondary N) is 1. The van der Waals surface area contributed by atoms with E-state index in [9.17, 15) is 14.5 Å². The number of imidazole rings is 1. The monoisotopic (exact) mass is 581 g/mol. The first-order valence-electron chi connectivity index (χ1n) is 12.5. The summed E-state index contributed by atoms with van der Waals surface area (Å²) in [6.07, 6.45) is -5.29. The zero-order chi connectivity index (χ0) is 29.2. The average Bonchev–Trinajstić information content (AvgIpc) is 3.42. The highest BCUT2D eigenvalue weighted by Gasteiger charge is 2.47. The normalized spacial score (nSPS) is 23.2. The number of aliphatic hydroxyl groups is 1. The molecule has 14 nitrogen and oxygen atoms in total. The lowest BCUT2D eigenvalue weighted by Gasteiger charge is -2.25. The van der Waals surface area contributed by atoms with Gasteiger partial charge in [-0.15, -0.1) is 0 Å². The molecule has 0 radical (unpaired) electrons. The number of esters is 1. The second-order valence-electron chi connectivity index (χ2n) is 9.66. The SMILES string of the molecule is CC(C)OC(=O)[C@@H](C)N[P@](=O)(OC[C@H]1O[C@@H](n2cnc3c(N(C)C)nc(N)nc32)[C@@H](F)[C@@H]1O)Oc1ccccc1. The molecule has 0 spiro atoms. The van der Waals surface area contributed by atoms with Crippen molar-refractivity contribution in [1.82, 2.24) is 24.6 Å². The molecule has 0 saturated carbocycles. The molecule has 1 saturated heterocycles. The number of para-hydroxylation sites is 1. The number of nitrogen functional groups attached to an aromatic ring is 1. The maximum Gasteiger partial charge on any atom is 0.459 e. The number of benzene rings is 1. The molecule has 40 heavy (non-hydrogen) atoms. The van der Waals surface area contributed by atoms with Gasteiger partial charge in [0.25, 0.3) is 0 Å². The molecular weight excluding hydrogens is 548 g/mol. The number of halogens is 1. The van der Waals surface area contributed by atoms with E-state index in [1.807, 2.05) is 0 Å².